The lowest BCUT2D eigenvalue weighted by Gasteiger charge is -2.05. The van der Waals surface area contributed by atoms with Gasteiger partial charge in [0.25, 0.3) is 5.91 Å². The van der Waals surface area contributed by atoms with E-state index in [1.165, 1.54) is 12.1 Å². The Kier molecular flexibility index (Phi) is 3.72. The van der Waals surface area contributed by atoms with Crippen LogP contribution in [0.4, 0.5) is 5.69 Å². The third-order valence-corrected chi connectivity index (χ3v) is 3.33. The second-order valence-electron chi connectivity index (χ2n) is 5.02. The summed E-state index contributed by atoms with van der Waals surface area (Å²) in [4.78, 5) is 31.4. The van der Waals surface area contributed by atoms with Crippen LogP contribution in [0.3, 0.4) is 0 Å². The van der Waals surface area contributed by atoms with Crippen LogP contribution < -0.4 is 10.4 Å². The van der Waals surface area contributed by atoms with Gasteiger partial charge in [-0.1, -0.05) is 48.0 Å². The normalized spacial score (nSPS) is 15.4. The number of guanidine groups is 1. The molecular weight excluding hydrogens is 294 g/mol. The number of carbonyl (C=O) groups is 2. The molecule has 0 atom stereocenters. The highest BCUT2D eigenvalue weighted by Crippen LogP contribution is 2.19. The molecule has 2 aromatic rings. The van der Waals surface area contributed by atoms with Crippen molar-refractivity contribution in [3.05, 3.63) is 65.2 Å². The summed E-state index contributed by atoms with van der Waals surface area (Å²) in [5, 5.41) is 13.6. The van der Waals surface area contributed by atoms with E-state index in [2.05, 4.69) is 15.3 Å². The molecule has 0 radical (unpaired) electrons. The first-order chi connectivity index (χ1) is 11.0. The number of nitrogens with zero attached hydrogens (tertiary/aromatic N) is 2. The minimum atomic E-state index is -1.34. The number of carbonyl (C=O) groups excluding carboxylic acids is 2. The lowest BCUT2D eigenvalue weighted by atomic mass is 10.1. The van der Waals surface area contributed by atoms with Gasteiger partial charge in [-0.3, -0.25) is 10.1 Å². The Morgan fingerprint density at radius 1 is 1.13 bits per heavy atom. The van der Waals surface area contributed by atoms with Gasteiger partial charge in [0, 0.05) is 11.1 Å². The molecule has 0 aromatic heterocycles. The number of carboxylic acids is 1. The molecule has 1 heterocycles. The summed E-state index contributed by atoms with van der Waals surface area (Å²) in [5.41, 5.74) is 2.11. The topological polar surface area (TPSA) is 93.9 Å². The third-order valence-electron chi connectivity index (χ3n) is 3.33. The van der Waals surface area contributed by atoms with Crippen molar-refractivity contribution in [3.8, 4) is 0 Å². The van der Waals surface area contributed by atoms with Gasteiger partial charge in [-0.15, -0.1) is 0 Å². The molecule has 0 bridgehead atoms. The number of amides is 1. The van der Waals surface area contributed by atoms with Crippen molar-refractivity contribution in [2.75, 3.05) is 0 Å². The maximum atomic E-state index is 12.0. The van der Waals surface area contributed by atoms with Gasteiger partial charge in [0.05, 0.1) is 11.7 Å². The number of hydrogen-bond acceptors (Lipinski definition) is 4. The van der Waals surface area contributed by atoms with E-state index in [0.717, 1.165) is 5.56 Å². The number of para-hydroxylation sites is 1. The Bertz CT molecular complexity index is 852. The van der Waals surface area contributed by atoms with Crippen molar-refractivity contribution in [3.63, 3.8) is 0 Å². The van der Waals surface area contributed by atoms with E-state index >= 15 is 0 Å². The van der Waals surface area contributed by atoms with Crippen LogP contribution in [0.15, 0.2) is 58.5 Å². The van der Waals surface area contributed by atoms with Crippen LogP contribution in [0.5, 0.6) is 0 Å². The van der Waals surface area contributed by atoms with E-state index in [9.17, 15) is 14.7 Å². The number of nitrogens with one attached hydrogen (secondary N) is 1. The molecule has 114 valence electrons. The highest BCUT2D eigenvalue weighted by atomic mass is 16.4. The van der Waals surface area contributed by atoms with Gasteiger partial charge in [0.15, 0.2) is 0 Å². The van der Waals surface area contributed by atoms with Crippen molar-refractivity contribution in [1.82, 2.24) is 5.32 Å². The number of carboxylic acid groups (broad SMARTS) is 1. The third kappa shape index (κ3) is 3.01. The molecule has 0 unspecified atom stereocenters. The fourth-order valence-corrected chi connectivity index (χ4v) is 2.16. The van der Waals surface area contributed by atoms with Gasteiger partial charge in [0.1, 0.15) is 5.71 Å². The summed E-state index contributed by atoms with van der Waals surface area (Å²) >= 11 is 0. The van der Waals surface area contributed by atoms with Gasteiger partial charge < -0.3 is 9.90 Å². The van der Waals surface area contributed by atoms with Gasteiger partial charge >= 0.3 is 0 Å². The zero-order valence-electron chi connectivity index (χ0n) is 12.2. The minimum absolute atomic E-state index is 0.0549. The number of aryl methyl sites for hydroxylation is 1. The summed E-state index contributed by atoms with van der Waals surface area (Å²) in [6.07, 6.45) is 0. The van der Waals surface area contributed by atoms with Crippen LogP contribution in [0.25, 0.3) is 0 Å². The fraction of sp³-hybridized carbons (Fsp3) is 0.0588. The Balaban J connectivity index is 1.98. The zero-order chi connectivity index (χ0) is 16.4. The molecule has 6 heteroatoms. The average molecular weight is 306 g/mol. The second kappa shape index (κ2) is 5.84. The predicted octanol–water partition coefficient (Wildman–Crippen LogP) is 0.965. The molecule has 3 rings (SSSR count). The molecule has 0 saturated carbocycles. The molecule has 1 amide bonds. The van der Waals surface area contributed by atoms with E-state index in [4.69, 9.17) is 0 Å². The molecule has 0 fully saturated rings. The quantitative estimate of drug-likeness (QED) is 0.915. The lowest BCUT2D eigenvalue weighted by molar-refractivity contribution is -0.254. The van der Waals surface area contributed by atoms with Crippen molar-refractivity contribution in [2.45, 2.75) is 6.92 Å². The molecule has 2 aromatic carbocycles. The molecule has 6 nitrogen and oxygen atoms in total. The molecule has 1 aliphatic heterocycles. The molecule has 1 N–H and O–H groups in total. The second-order valence-corrected chi connectivity index (χ2v) is 5.02. The van der Waals surface area contributed by atoms with E-state index in [0.29, 0.717) is 5.56 Å². The van der Waals surface area contributed by atoms with Crippen molar-refractivity contribution in [1.29, 1.82) is 0 Å². The van der Waals surface area contributed by atoms with E-state index < -0.39 is 5.97 Å². The summed E-state index contributed by atoms with van der Waals surface area (Å²) in [6, 6.07) is 13.5. The maximum absolute atomic E-state index is 12.0. The SMILES string of the molecule is Cc1ccc(C2=NC(=Nc3ccccc3C(=O)[O-])NC2=O)cc1. The first-order valence-electron chi connectivity index (χ1n) is 6.91. The first kappa shape index (κ1) is 14.6. The number of hydrogen-bond donors (Lipinski definition) is 1. The maximum Gasteiger partial charge on any atom is 0.277 e. The first-order valence-corrected chi connectivity index (χ1v) is 6.91. The van der Waals surface area contributed by atoms with Crippen LogP contribution >= 0.6 is 0 Å². The smallest absolute Gasteiger partial charge is 0.277 e. The number of rotatable bonds is 3. The van der Waals surface area contributed by atoms with E-state index in [1.54, 1.807) is 24.3 Å². The lowest BCUT2D eigenvalue weighted by Crippen LogP contribution is -2.26. The standard InChI is InChI=1S/C17H13N3O3/c1-10-6-8-11(9-7-10)14-15(21)20-17(19-14)18-13-5-3-2-4-12(13)16(22)23/h2-9H,1H3,(H,22,23)(H,18,20,21)/p-1. The summed E-state index contributed by atoms with van der Waals surface area (Å²) in [7, 11) is 0. The summed E-state index contributed by atoms with van der Waals surface area (Å²) < 4.78 is 0. The van der Waals surface area contributed by atoms with Crippen molar-refractivity contribution in [2.24, 2.45) is 9.98 Å². The Morgan fingerprint density at radius 2 is 1.83 bits per heavy atom. The van der Waals surface area contributed by atoms with Crippen LogP contribution in [0.2, 0.25) is 0 Å². The molecule has 0 aliphatic carbocycles. The van der Waals surface area contributed by atoms with Gasteiger partial charge in [-0.25, -0.2) is 9.98 Å². The van der Waals surface area contributed by atoms with Crippen LogP contribution in [0.1, 0.15) is 21.5 Å². The number of aliphatic imine (C=N–C) groups is 2. The Morgan fingerprint density at radius 3 is 2.52 bits per heavy atom. The van der Waals surface area contributed by atoms with Crippen LogP contribution in [-0.2, 0) is 4.79 Å². The van der Waals surface area contributed by atoms with Crippen LogP contribution in [-0.4, -0.2) is 23.5 Å². The van der Waals surface area contributed by atoms with Crippen LogP contribution in [0, 0.1) is 6.92 Å². The van der Waals surface area contributed by atoms with E-state index in [1.807, 2.05) is 19.1 Å². The monoisotopic (exact) mass is 306 g/mol. The summed E-state index contributed by atoms with van der Waals surface area (Å²) in [6.45, 7) is 1.95. The van der Waals surface area contributed by atoms with Gasteiger partial charge in [-0.05, 0) is 13.0 Å². The van der Waals surface area contributed by atoms with E-state index in [-0.39, 0.29) is 28.8 Å². The number of benzene rings is 2. The largest absolute Gasteiger partial charge is 0.545 e. The highest BCUT2D eigenvalue weighted by Gasteiger charge is 2.23. The number of aromatic carboxylic acids is 1. The fourth-order valence-electron chi connectivity index (χ4n) is 2.16. The van der Waals surface area contributed by atoms with Gasteiger partial charge in [0.2, 0.25) is 5.96 Å². The molecular formula is C17H12N3O3-. The van der Waals surface area contributed by atoms with Gasteiger partial charge in [-0.2, -0.15) is 0 Å². The molecule has 23 heavy (non-hydrogen) atoms. The summed E-state index contributed by atoms with van der Waals surface area (Å²) in [5.74, 6) is -1.66. The molecule has 0 spiro atoms. The Hall–Kier alpha value is -3.28. The highest BCUT2D eigenvalue weighted by molar-refractivity contribution is 6.52. The zero-order valence-corrected chi connectivity index (χ0v) is 12.2. The minimum Gasteiger partial charge on any atom is -0.545 e. The van der Waals surface area contributed by atoms with Crippen molar-refractivity contribution >= 4 is 29.2 Å². The predicted molar refractivity (Wildman–Crippen MR) is 83.7 cm³/mol. The molecule has 0 saturated heterocycles. The Labute approximate surface area is 132 Å². The van der Waals surface area contributed by atoms with Crippen molar-refractivity contribution < 1.29 is 14.7 Å². The average Bonchev–Trinajstić information content (AvgIpc) is 2.89. The molecule has 1 aliphatic rings.